The smallest absolute Gasteiger partial charge is 0.133 e. The van der Waals surface area contributed by atoms with Crippen LogP contribution in [0.2, 0.25) is 0 Å². The first-order valence-corrected chi connectivity index (χ1v) is 8.10. The van der Waals surface area contributed by atoms with Crippen molar-refractivity contribution in [3.63, 3.8) is 0 Å². The molecular weight excluding hydrogens is 330 g/mol. The molecule has 0 radical (unpaired) electrons. The van der Waals surface area contributed by atoms with Crippen molar-refractivity contribution < 1.29 is 4.52 Å². The Kier molecular flexibility index (Phi) is 4.73. The number of rotatable bonds is 4. The molecule has 21 heavy (non-hydrogen) atoms. The Morgan fingerprint density at radius 2 is 1.67 bits per heavy atom. The average molecular weight is 350 g/mol. The zero-order valence-corrected chi connectivity index (χ0v) is 13.8. The van der Waals surface area contributed by atoms with Gasteiger partial charge in [0.15, 0.2) is 0 Å². The van der Waals surface area contributed by atoms with Gasteiger partial charge in [-0.2, -0.15) is 0 Å². The molecule has 0 spiro atoms. The summed E-state index contributed by atoms with van der Waals surface area (Å²) in [5.74, 6) is 0.888. The van der Waals surface area contributed by atoms with E-state index in [0.29, 0.717) is 0 Å². The Hall–Kier alpha value is -1.17. The number of piperazine rings is 1. The number of aryl methyl sites for hydroxylation is 1. The van der Waals surface area contributed by atoms with Gasteiger partial charge in [-0.05, 0) is 24.6 Å². The molecule has 2 aromatic rings. The summed E-state index contributed by atoms with van der Waals surface area (Å²) in [7, 11) is 0. The van der Waals surface area contributed by atoms with Crippen molar-refractivity contribution in [2.75, 3.05) is 26.2 Å². The van der Waals surface area contributed by atoms with Crippen LogP contribution in [0.1, 0.15) is 17.0 Å². The van der Waals surface area contributed by atoms with Gasteiger partial charge in [0, 0.05) is 49.8 Å². The maximum absolute atomic E-state index is 5.12. The number of benzene rings is 1. The first-order valence-electron chi connectivity index (χ1n) is 7.30. The zero-order chi connectivity index (χ0) is 14.7. The molecule has 0 bridgehead atoms. The van der Waals surface area contributed by atoms with Crippen LogP contribution in [0.5, 0.6) is 0 Å². The van der Waals surface area contributed by atoms with Crippen LogP contribution in [-0.2, 0) is 13.1 Å². The van der Waals surface area contributed by atoms with Crippen molar-refractivity contribution in [2.45, 2.75) is 20.0 Å². The van der Waals surface area contributed by atoms with Crippen LogP contribution in [0.3, 0.4) is 0 Å². The van der Waals surface area contributed by atoms with Crippen molar-refractivity contribution in [3.8, 4) is 0 Å². The molecule has 0 atom stereocenters. The fourth-order valence-corrected chi connectivity index (χ4v) is 2.94. The maximum Gasteiger partial charge on any atom is 0.133 e. The van der Waals surface area contributed by atoms with Crippen LogP contribution in [0.25, 0.3) is 0 Å². The van der Waals surface area contributed by atoms with Gasteiger partial charge in [-0.15, -0.1) is 0 Å². The minimum absolute atomic E-state index is 0.888. The highest BCUT2D eigenvalue weighted by molar-refractivity contribution is 9.10. The third-order valence-corrected chi connectivity index (χ3v) is 4.38. The largest absolute Gasteiger partial charge is 0.361 e. The van der Waals surface area contributed by atoms with Crippen molar-refractivity contribution in [3.05, 3.63) is 51.8 Å². The third-order valence-electron chi connectivity index (χ3n) is 3.85. The summed E-state index contributed by atoms with van der Waals surface area (Å²) in [4.78, 5) is 4.95. The first-order chi connectivity index (χ1) is 10.2. The molecule has 0 unspecified atom stereocenters. The predicted octanol–water partition coefficient (Wildman–Crippen LogP) is 3.06. The normalized spacial score (nSPS) is 17.2. The molecule has 0 amide bonds. The molecule has 1 aliphatic heterocycles. The highest BCUT2D eigenvalue weighted by Crippen LogP contribution is 2.14. The molecule has 0 N–H and O–H groups in total. The van der Waals surface area contributed by atoms with E-state index >= 15 is 0 Å². The van der Waals surface area contributed by atoms with E-state index in [-0.39, 0.29) is 0 Å². The molecule has 1 aromatic carbocycles. The summed E-state index contributed by atoms with van der Waals surface area (Å²) in [5.41, 5.74) is 2.41. The van der Waals surface area contributed by atoms with Gasteiger partial charge in [0.25, 0.3) is 0 Å². The van der Waals surface area contributed by atoms with Crippen molar-refractivity contribution in [2.24, 2.45) is 0 Å². The zero-order valence-electron chi connectivity index (χ0n) is 12.3. The molecule has 5 heteroatoms. The van der Waals surface area contributed by atoms with Gasteiger partial charge in [0.2, 0.25) is 0 Å². The van der Waals surface area contributed by atoms with E-state index in [1.807, 2.05) is 13.0 Å². The molecule has 0 aliphatic carbocycles. The lowest BCUT2D eigenvalue weighted by molar-refractivity contribution is 0.120. The molecule has 0 saturated carbocycles. The van der Waals surface area contributed by atoms with Gasteiger partial charge >= 0.3 is 0 Å². The molecule has 112 valence electrons. The van der Waals surface area contributed by atoms with Gasteiger partial charge in [0.05, 0.1) is 5.69 Å². The lowest BCUT2D eigenvalue weighted by Gasteiger charge is -2.34. The van der Waals surface area contributed by atoms with Gasteiger partial charge < -0.3 is 4.52 Å². The van der Waals surface area contributed by atoms with Gasteiger partial charge in [0.1, 0.15) is 5.76 Å². The van der Waals surface area contributed by atoms with Gasteiger partial charge in [-0.1, -0.05) is 33.2 Å². The number of nitrogens with zero attached hydrogens (tertiary/aromatic N) is 3. The SMILES string of the molecule is Cc1cc(CN2CCN(Cc3ccc(Br)cc3)CC2)no1. The van der Waals surface area contributed by atoms with Crippen LogP contribution in [-0.4, -0.2) is 41.1 Å². The number of hydrogen-bond donors (Lipinski definition) is 0. The molecule has 1 saturated heterocycles. The summed E-state index contributed by atoms with van der Waals surface area (Å²) < 4.78 is 6.26. The van der Waals surface area contributed by atoms with Crippen LogP contribution in [0, 0.1) is 6.92 Å². The summed E-state index contributed by atoms with van der Waals surface area (Å²) >= 11 is 3.48. The third kappa shape index (κ3) is 4.15. The second kappa shape index (κ2) is 6.73. The standard InChI is InChI=1S/C16H20BrN3O/c1-13-10-16(18-21-13)12-20-8-6-19(7-9-20)11-14-2-4-15(17)5-3-14/h2-5,10H,6-9,11-12H2,1H3. The van der Waals surface area contributed by atoms with E-state index < -0.39 is 0 Å². The van der Waals surface area contributed by atoms with Crippen LogP contribution >= 0.6 is 15.9 Å². The first kappa shape index (κ1) is 14.8. The Labute approximate surface area is 133 Å². The fourth-order valence-electron chi connectivity index (χ4n) is 2.68. The van der Waals surface area contributed by atoms with Gasteiger partial charge in [-0.25, -0.2) is 0 Å². The molecule has 1 aliphatic rings. The Balaban J connectivity index is 1.47. The lowest BCUT2D eigenvalue weighted by Crippen LogP contribution is -2.45. The Morgan fingerprint density at radius 1 is 1.05 bits per heavy atom. The Morgan fingerprint density at radius 3 is 2.24 bits per heavy atom. The number of halogens is 1. The monoisotopic (exact) mass is 349 g/mol. The summed E-state index contributed by atoms with van der Waals surface area (Å²) in [6, 6.07) is 10.6. The van der Waals surface area contributed by atoms with Crippen molar-refractivity contribution in [1.29, 1.82) is 0 Å². The second-order valence-electron chi connectivity index (χ2n) is 5.61. The topological polar surface area (TPSA) is 32.5 Å². The van der Waals surface area contributed by atoms with Crippen LogP contribution in [0.4, 0.5) is 0 Å². The van der Waals surface area contributed by atoms with Crippen molar-refractivity contribution >= 4 is 15.9 Å². The van der Waals surface area contributed by atoms with Gasteiger partial charge in [-0.3, -0.25) is 9.80 Å². The lowest BCUT2D eigenvalue weighted by atomic mass is 10.2. The highest BCUT2D eigenvalue weighted by Gasteiger charge is 2.18. The minimum Gasteiger partial charge on any atom is -0.361 e. The fraction of sp³-hybridized carbons (Fsp3) is 0.438. The quantitative estimate of drug-likeness (QED) is 0.849. The molecule has 3 rings (SSSR count). The Bertz CT molecular complexity index is 573. The molecule has 1 fully saturated rings. The summed E-state index contributed by atoms with van der Waals surface area (Å²) in [6.07, 6.45) is 0. The summed E-state index contributed by atoms with van der Waals surface area (Å²) in [6.45, 7) is 8.24. The second-order valence-corrected chi connectivity index (χ2v) is 6.52. The highest BCUT2D eigenvalue weighted by atomic mass is 79.9. The van der Waals surface area contributed by atoms with Crippen LogP contribution in [0.15, 0.2) is 39.3 Å². The van der Waals surface area contributed by atoms with E-state index in [1.165, 1.54) is 5.56 Å². The van der Waals surface area contributed by atoms with E-state index in [9.17, 15) is 0 Å². The van der Waals surface area contributed by atoms with E-state index in [0.717, 1.165) is 55.2 Å². The summed E-state index contributed by atoms with van der Waals surface area (Å²) in [5, 5.41) is 4.07. The van der Waals surface area contributed by atoms with Crippen LogP contribution < -0.4 is 0 Å². The van der Waals surface area contributed by atoms with E-state index in [4.69, 9.17) is 4.52 Å². The minimum atomic E-state index is 0.888. The van der Waals surface area contributed by atoms with E-state index in [2.05, 4.69) is 55.2 Å². The molecule has 2 heterocycles. The average Bonchev–Trinajstić information content (AvgIpc) is 2.89. The number of hydrogen-bond acceptors (Lipinski definition) is 4. The predicted molar refractivity (Wildman–Crippen MR) is 85.9 cm³/mol. The molecule has 1 aromatic heterocycles. The molecule has 4 nitrogen and oxygen atoms in total. The maximum atomic E-state index is 5.12. The van der Waals surface area contributed by atoms with E-state index in [1.54, 1.807) is 0 Å². The number of aromatic nitrogens is 1. The molecular formula is C16H20BrN3O. The van der Waals surface area contributed by atoms with Crippen molar-refractivity contribution in [1.82, 2.24) is 15.0 Å².